The highest BCUT2D eigenvalue weighted by molar-refractivity contribution is 7.55. The first-order valence-corrected chi connectivity index (χ1v) is 8.09. The van der Waals surface area contributed by atoms with Gasteiger partial charge >= 0.3 is 0 Å². The fourth-order valence-corrected chi connectivity index (χ4v) is 4.06. The molecule has 0 heterocycles. The number of rotatable bonds is 3. The molecule has 0 aromatic heterocycles. The van der Waals surface area contributed by atoms with Gasteiger partial charge < -0.3 is 10.2 Å². The van der Waals surface area contributed by atoms with Crippen LogP contribution >= 0.6 is 8.58 Å². The number of aliphatic hydroxyl groups is 1. The van der Waals surface area contributed by atoms with E-state index in [1.807, 2.05) is 39.0 Å². The number of benzene rings is 2. The molecule has 0 saturated heterocycles. The highest BCUT2D eigenvalue weighted by Crippen LogP contribution is 2.28. The van der Waals surface area contributed by atoms with Crippen molar-refractivity contribution < 1.29 is 10.2 Å². The number of aryl methyl sites for hydroxylation is 3. The van der Waals surface area contributed by atoms with E-state index < -0.39 is 5.60 Å². The van der Waals surface area contributed by atoms with Gasteiger partial charge in [0.1, 0.15) is 5.75 Å². The van der Waals surface area contributed by atoms with E-state index in [1.54, 1.807) is 13.8 Å². The van der Waals surface area contributed by atoms with Crippen LogP contribution in [0.1, 0.15) is 36.1 Å². The SMILES string of the molecule is Cc1cc(C)c(O)c(Pc2ccc(C)cc2C(C)(C)O)c1. The molecule has 1 atom stereocenters. The fraction of sp³-hybridized carbons (Fsp3) is 0.333. The van der Waals surface area contributed by atoms with E-state index in [9.17, 15) is 10.2 Å². The van der Waals surface area contributed by atoms with Gasteiger partial charge in [0.15, 0.2) is 0 Å². The van der Waals surface area contributed by atoms with E-state index in [1.165, 1.54) is 0 Å². The molecule has 0 spiro atoms. The van der Waals surface area contributed by atoms with E-state index in [0.717, 1.165) is 32.9 Å². The summed E-state index contributed by atoms with van der Waals surface area (Å²) in [6.45, 7) is 9.58. The van der Waals surface area contributed by atoms with Crippen molar-refractivity contribution in [2.24, 2.45) is 0 Å². The van der Waals surface area contributed by atoms with Gasteiger partial charge in [0.25, 0.3) is 0 Å². The van der Waals surface area contributed by atoms with E-state index in [0.29, 0.717) is 14.3 Å². The molecule has 2 rings (SSSR count). The van der Waals surface area contributed by atoms with Gasteiger partial charge in [-0.2, -0.15) is 0 Å². The Hall–Kier alpha value is -1.37. The third kappa shape index (κ3) is 3.64. The van der Waals surface area contributed by atoms with Gasteiger partial charge in [-0.15, -0.1) is 0 Å². The molecule has 2 aromatic carbocycles. The van der Waals surface area contributed by atoms with E-state index >= 15 is 0 Å². The highest BCUT2D eigenvalue weighted by atomic mass is 31.1. The van der Waals surface area contributed by atoms with Crippen molar-refractivity contribution in [3.05, 3.63) is 52.6 Å². The number of hydrogen-bond donors (Lipinski definition) is 2. The molecule has 3 heteroatoms. The lowest BCUT2D eigenvalue weighted by Crippen LogP contribution is -2.24. The Bertz CT molecular complexity index is 670. The summed E-state index contributed by atoms with van der Waals surface area (Å²) < 4.78 is 0. The molecule has 112 valence electrons. The Labute approximate surface area is 128 Å². The average molecular weight is 302 g/mol. The number of hydrogen-bond acceptors (Lipinski definition) is 2. The predicted molar refractivity (Wildman–Crippen MR) is 91.6 cm³/mol. The van der Waals surface area contributed by atoms with Gasteiger partial charge in [0.05, 0.1) is 5.60 Å². The molecule has 0 amide bonds. The molecule has 0 aliphatic rings. The number of aromatic hydroxyl groups is 1. The molecule has 0 saturated carbocycles. The van der Waals surface area contributed by atoms with Gasteiger partial charge in [-0.1, -0.05) is 38.4 Å². The maximum Gasteiger partial charge on any atom is 0.126 e. The molecule has 2 N–H and O–H groups in total. The molecular formula is C18H23O2P. The maximum atomic E-state index is 10.4. The Kier molecular flexibility index (Phi) is 4.41. The van der Waals surface area contributed by atoms with Crippen LogP contribution in [0, 0.1) is 20.8 Å². The summed E-state index contributed by atoms with van der Waals surface area (Å²) in [5, 5.41) is 22.7. The minimum absolute atomic E-state index is 0.327. The van der Waals surface area contributed by atoms with Crippen molar-refractivity contribution in [3.8, 4) is 5.75 Å². The second-order valence-electron chi connectivity index (χ2n) is 6.21. The summed E-state index contributed by atoms with van der Waals surface area (Å²) in [5.74, 6) is 0.362. The van der Waals surface area contributed by atoms with E-state index in [2.05, 4.69) is 12.1 Å². The summed E-state index contributed by atoms with van der Waals surface area (Å²) in [4.78, 5) is 0. The molecule has 2 nitrogen and oxygen atoms in total. The minimum Gasteiger partial charge on any atom is -0.507 e. The normalized spacial score (nSPS) is 12.3. The van der Waals surface area contributed by atoms with Gasteiger partial charge in [0, 0.05) is 5.30 Å². The standard InChI is InChI=1S/C18H23O2P/c1-11-6-7-15(14(9-11)18(4,5)20)21-16-10-12(2)8-13(3)17(16)19/h6-10,19-21H,1-5H3. The molecular weight excluding hydrogens is 279 g/mol. The third-order valence-corrected chi connectivity index (χ3v) is 4.90. The average Bonchev–Trinajstić information content (AvgIpc) is 2.36. The molecule has 0 aliphatic carbocycles. The monoisotopic (exact) mass is 302 g/mol. The van der Waals surface area contributed by atoms with Crippen LogP contribution in [-0.2, 0) is 5.60 Å². The molecule has 0 radical (unpaired) electrons. The summed E-state index contributed by atoms with van der Waals surface area (Å²) in [7, 11) is 0.327. The molecule has 21 heavy (non-hydrogen) atoms. The van der Waals surface area contributed by atoms with Crippen molar-refractivity contribution in [3.63, 3.8) is 0 Å². The number of phenols is 1. The van der Waals surface area contributed by atoms with Gasteiger partial charge in [-0.3, -0.25) is 0 Å². The van der Waals surface area contributed by atoms with Crippen molar-refractivity contribution in [2.75, 3.05) is 0 Å². The first-order chi connectivity index (χ1) is 9.68. The maximum absolute atomic E-state index is 10.4. The van der Waals surface area contributed by atoms with Crippen LogP contribution in [-0.4, -0.2) is 10.2 Å². The zero-order valence-corrected chi connectivity index (χ0v) is 14.3. The van der Waals surface area contributed by atoms with Crippen LogP contribution < -0.4 is 10.6 Å². The van der Waals surface area contributed by atoms with Gasteiger partial charge in [0.2, 0.25) is 0 Å². The Morgan fingerprint density at radius 2 is 1.57 bits per heavy atom. The quantitative estimate of drug-likeness (QED) is 0.855. The zero-order valence-electron chi connectivity index (χ0n) is 13.3. The molecule has 0 aliphatic heterocycles. The van der Waals surface area contributed by atoms with E-state index in [-0.39, 0.29) is 0 Å². The lowest BCUT2D eigenvalue weighted by atomic mass is 9.97. The topological polar surface area (TPSA) is 40.5 Å². The van der Waals surface area contributed by atoms with E-state index in [4.69, 9.17) is 0 Å². The minimum atomic E-state index is -0.886. The second-order valence-corrected chi connectivity index (χ2v) is 7.54. The zero-order chi connectivity index (χ0) is 15.8. The summed E-state index contributed by atoms with van der Waals surface area (Å²) in [6, 6.07) is 10.1. The van der Waals surface area contributed by atoms with Crippen LogP contribution in [0.3, 0.4) is 0 Å². The Morgan fingerprint density at radius 3 is 2.19 bits per heavy atom. The lowest BCUT2D eigenvalue weighted by Gasteiger charge is -2.23. The third-order valence-electron chi connectivity index (χ3n) is 3.55. The van der Waals surface area contributed by atoms with Crippen LogP contribution in [0.25, 0.3) is 0 Å². The van der Waals surface area contributed by atoms with Gasteiger partial charge in [-0.05, 0) is 62.7 Å². The van der Waals surface area contributed by atoms with Crippen LogP contribution in [0.5, 0.6) is 5.75 Å². The van der Waals surface area contributed by atoms with Crippen LogP contribution in [0.2, 0.25) is 0 Å². The largest absolute Gasteiger partial charge is 0.507 e. The Morgan fingerprint density at radius 1 is 0.905 bits per heavy atom. The summed E-state index contributed by atoms with van der Waals surface area (Å²) in [6.07, 6.45) is 0. The lowest BCUT2D eigenvalue weighted by molar-refractivity contribution is 0.0797. The first-order valence-electron chi connectivity index (χ1n) is 7.09. The van der Waals surface area contributed by atoms with Crippen molar-refractivity contribution >= 4 is 19.2 Å². The fourth-order valence-electron chi connectivity index (χ4n) is 2.47. The highest BCUT2D eigenvalue weighted by Gasteiger charge is 2.21. The Balaban J connectivity index is 2.50. The van der Waals surface area contributed by atoms with Crippen molar-refractivity contribution in [1.82, 2.24) is 0 Å². The van der Waals surface area contributed by atoms with Crippen LogP contribution in [0.15, 0.2) is 30.3 Å². The molecule has 2 aromatic rings. The predicted octanol–water partition coefficient (Wildman–Crippen LogP) is 3.17. The molecule has 0 bridgehead atoms. The molecule has 0 fully saturated rings. The van der Waals surface area contributed by atoms with Crippen molar-refractivity contribution in [1.29, 1.82) is 0 Å². The second kappa shape index (κ2) is 5.79. The summed E-state index contributed by atoms with van der Waals surface area (Å²) >= 11 is 0. The first kappa shape index (κ1) is 16.0. The van der Waals surface area contributed by atoms with Crippen LogP contribution in [0.4, 0.5) is 0 Å². The smallest absolute Gasteiger partial charge is 0.126 e. The van der Waals surface area contributed by atoms with Gasteiger partial charge in [-0.25, -0.2) is 0 Å². The molecule has 1 unspecified atom stereocenters. The summed E-state index contributed by atoms with van der Waals surface area (Å²) in [5.41, 5.74) is 3.21. The van der Waals surface area contributed by atoms with Crippen molar-refractivity contribution in [2.45, 2.75) is 40.2 Å². The number of phenolic OH excluding ortho intramolecular Hbond substituents is 1.